The van der Waals surface area contributed by atoms with Crippen LogP contribution in [0.1, 0.15) is 6.42 Å². The third-order valence-electron chi connectivity index (χ3n) is 1.56. The Bertz CT molecular complexity index is 78.0. The smallest absolute Gasteiger partial charge is 0.0379 e. The van der Waals surface area contributed by atoms with Gasteiger partial charge in [-0.3, -0.25) is 0 Å². The highest BCUT2D eigenvalue weighted by molar-refractivity contribution is 7.98. The average Bonchev–Trinajstić information content (AvgIpc) is 1.89. The van der Waals surface area contributed by atoms with Crippen molar-refractivity contribution in [3.8, 4) is 0 Å². The Morgan fingerprint density at radius 1 is 1.50 bits per heavy atom. The minimum absolute atomic E-state index is 0.550. The summed E-state index contributed by atoms with van der Waals surface area (Å²) in [6, 6.07) is 0.550. The molecule has 0 aliphatic rings. The fraction of sp³-hybridized carbons (Fsp3) is 1.00. The molecular formula is C7H16ClNS. The fourth-order valence-corrected chi connectivity index (χ4v) is 1.67. The van der Waals surface area contributed by atoms with E-state index in [1.165, 1.54) is 12.2 Å². The molecule has 0 spiro atoms. The van der Waals surface area contributed by atoms with Gasteiger partial charge >= 0.3 is 0 Å². The Morgan fingerprint density at radius 3 is 2.40 bits per heavy atom. The van der Waals surface area contributed by atoms with Crippen molar-refractivity contribution >= 4 is 23.4 Å². The molecule has 62 valence electrons. The number of hydrogen-bond acceptors (Lipinski definition) is 2. The van der Waals surface area contributed by atoms with E-state index in [-0.39, 0.29) is 0 Å². The largest absolute Gasteiger partial charge is 0.305 e. The van der Waals surface area contributed by atoms with Crippen LogP contribution >= 0.6 is 23.4 Å². The Morgan fingerprint density at radius 2 is 2.10 bits per heavy atom. The standard InChI is InChI=1S/C7H16ClNS/c1-9(2)7(6-8)4-5-10-3/h7H,4-6H2,1-3H3. The summed E-state index contributed by atoms with van der Waals surface area (Å²) in [7, 11) is 4.15. The highest BCUT2D eigenvalue weighted by Crippen LogP contribution is 2.06. The fourth-order valence-electron chi connectivity index (χ4n) is 0.727. The molecule has 0 fully saturated rings. The van der Waals surface area contributed by atoms with E-state index in [9.17, 15) is 0 Å². The number of thioether (sulfide) groups is 1. The van der Waals surface area contributed by atoms with Gasteiger partial charge in [0.1, 0.15) is 0 Å². The first kappa shape index (κ1) is 10.6. The van der Waals surface area contributed by atoms with Gasteiger partial charge in [0, 0.05) is 11.9 Å². The van der Waals surface area contributed by atoms with Crippen molar-refractivity contribution in [1.82, 2.24) is 4.90 Å². The van der Waals surface area contributed by atoms with Crippen molar-refractivity contribution in [1.29, 1.82) is 0 Å². The van der Waals surface area contributed by atoms with Crippen molar-refractivity contribution in [3.05, 3.63) is 0 Å². The number of hydrogen-bond donors (Lipinski definition) is 0. The van der Waals surface area contributed by atoms with E-state index in [2.05, 4.69) is 25.3 Å². The second-order valence-electron chi connectivity index (χ2n) is 2.55. The molecule has 0 amide bonds. The van der Waals surface area contributed by atoms with E-state index in [0.717, 1.165) is 5.88 Å². The topological polar surface area (TPSA) is 3.24 Å². The van der Waals surface area contributed by atoms with Gasteiger partial charge in [-0.2, -0.15) is 11.8 Å². The minimum atomic E-state index is 0.550. The maximum Gasteiger partial charge on any atom is 0.0379 e. The summed E-state index contributed by atoms with van der Waals surface area (Å²) < 4.78 is 0. The number of nitrogens with zero attached hydrogens (tertiary/aromatic N) is 1. The van der Waals surface area contributed by atoms with Crippen LogP contribution in [0.25, 0.3) is 0 Å². The molecule has 1 unspecified atom stereocenters. The predicted octanol–water partition coefficient (Wildman–Crippen LogP) is 1.91. The van der Waals surface area contributed by atoms with E-state index < -0.39 is 0 Å². The normalized spacial score (nSPS) is 14.1. The van der Waals surface area contributed by atoms with E-state index in [1.54, 1.807) is 0 Å². The summed E-state index contributed by atoms with van der Waals surface area (Å²) in [4.78, 5) is 2.18. The molecular weight excluding hydrogens is 166 g/mol. The molecule has 1 atom stereocenters. The highest BCUT2D eigenvalue weighted by atomic mass is 35.5. The quantitative estimate of drug-likeness (QED) is 0.597. The molecule has 0 rings (SSSR count). The number of alkyl halides is 1. The Labute approximate surface area is 73.1 Å². The predicted molar refractivity (Wildman–Crippen MR) is 51.2 cm³/mol. The second kappa shape index (κ2) is 6.32. The van der Waals surface area contributed by atoms with Gasteiger partial charge in [0.15, 0.2) is 0 Å². The van der Waals surface area contributed by atoms with E-state index in [4.69, 9.17) is 11.6 Å². The zero-order chi connectivity index (χ0) is 7.98. The van der Waals surface area contributed by atoms with Gasteiger partial charge in [-0.15, -0.1) is 11.6 Å². The summed E-state index contributed by atoms with van der Waals surface area (Å²) >= 11 is 7.62. The van der Waals surface area contributed by atoms with Crippen LogP contribution in [0, 0.1) is 0 Å². The molecule has 0 bridgehead atoms. The van der Waals surface area contributed by atoms with Crippen LogP contribution in [0.2, 0.25) is 0 Å². The Kier molecular flexibility index (Phi) is 6.70. The second-order valence-corrected chi connectivity index (χ2v) is 3.85. The molecule has 0 aliphatic heterocycles. The number of halogens is 1. The van der Waals surface area contributed by atoms with Gasteiger partial charge < -0.3 is 4.90 Å². The molecule has 0 aromatic rings. The van der Waals surface area contributed by atoms with Gasteiger partial charge in [0.05, 0.1) is 0 Å². The van der Waals surface area contributed by atoms with Gasteiger partial charge in [0.25, 0.3) is 0 Å². The number of rotatable bonds is 5. The molecule has 0 radical (unpaired) electrons. The van der Waals surface area contributed by atoms with Crippen LogP contribution in [0.4, 0.5) is 0 Å². The van der Waals surface area contributed by atoms with Crippen LogP contribution in [-0.4, -0.2) is 42.9 Å². The molecule has 0 saturated heterocycles. The Balaban J connectivity index is 3.40. The molecule has 0 aromatic carbocycles. The summed E-state index contributed by atoms with van der Waals surface area (Å²) in [5.41, 5.74) is 0. The average molecular weight is 182 g/mol. The summed E-state index contributed by atoms with van der Waals surface area (Å²) in [6.07, 6.45) is 3.32. The first-order valence-corrected chi connectivity index (χ1v) is 5.36. The monoisotopic (exact) mass is 181 g/mol. The van der Waals surface area contributed by atoms with Gasteiger partial charge in [-0.1, -0.05) is 0 Å². The molecule has 0 heterocycles. The van der Waals surface area contributed by atoms with Gasteiger partial charge in [-0.25, -0.2) is 0 Å². The lowest BCUT2D eigenvalue weighted by Gasteiger charge is -2.20. The molecule has 3 heteroatoms. The summed E-state index contributed by atoms with van der Waals surface area (Å²) in [5.74, 6) is 1.95. The van der Waals surface area contributed by atoms with Crippen molar-refractivity contribution in [3.63, 3.8) is 0 Å². The SMILES string of the molecule is CSCCC(CCl)N(C)C. The maximum absolute atomic E-state index is 5.75. The lowest BCUT2D eigenvalue weighted by Crippen LogP contribution is -2.29. The third-order valence-corrected chi connectivity index (χ3v) is 2.56. The summed E-state index contributed by atoms with van der Waals surface area (Å²) in [5, 5.41) is 0. The van der Waals surface area contributed by atoms with E-state index in [0.29, 0.717) is 6.04 Å². The van der Waals surface area contributed by atoms with Crippen LogP contribution in [0.3, 0.4) is 0 Å². The van der Waals surface area contributed by atoms with Crippen molar-refractivity contribution in [2.75, 3.05) is 32.0 Å². The highest BCUT2D eigenvalue weighted by Gasteiger charge is 2.07. The summed E-state index contributed by atoms with van der Waals surface area (Å²) in [6.45, 7) is 0. The minimum Gasteiger partial charge on any atom is -0.305 e. The van der Waals surface area contributed by atoms with Crippen molar-refractivity contribution in [2.45, 2.75) is 12.5 Å². The van der Waals surface area contributed by atoms with Gasteiger partial charge in [0.2, 0.25) is 0 Å². The molecule has 0 aromatic heterocycles. The molecule has 0 N–H and O–H groups in total. The van der Waals surface area contributed by atoms with Crippen molar-refractivity contribution < 1.29 is 0 Å². The first-order valence-electron chi connectivity index (χ1n) is 3.43. The van der Waals surface area contributed by atoms with E-state index >= 15 is 0 Å². The van der Waals surface area contributed by atoms with Gasteiger partial charge in [-0.05, 0) is 32.5 Å². The zero-order valence-corrected chi connectivity index (χ0v) is 8.50. The zero-order valence-electron chi connectivity index (χ0n) is 6.93. The van der Waals surface area contributed by atoms with Crippen LogP contribution in [-0.2, 0) is 0 Å². The van der Waals surface area contributed by atoms with Crippen LogP contribution in [0.5, 0.6) is 0 Å². The lowest BCUT2D eigenvalue weighted by atomic mass is 10.2. The first-order chi connectivity index (χ1) is 4.72. The molecule has 10 heavy (non-hydrogen) atoms. The molecule has 0 aliphatic carbocycles. The molecule has 1 nitrogen and oxygen atoms in total. The lowest BCUT2D eigenvalue weighted by molar-refractivity contribution is 0.312. The van der Waals surface area contributed by atoms with Crippen molar-refractivity contribution in [2.24, 2.45) is 0 Å². The van der Waals surface area contributed by atoms with Crippen LogP contribution < -0.4 is 0 Å². The van der Waals surface area contributed by atoms with E-state index in [1.807, 2.05) is 11.8 Å². The van der Waals surface area contributed by atoms with Crippen LogP contribution in [0.15, 0.2) is 0 Å². The molecule has 0 saturated carbocycles. The third kappa shape index (κ3) is 4.42. The Hall–Kier alpha value is 0.600. The maximum atomic E-state index is 5.75.